The van der Waals surface area contributed by atoms with Gasteiger partial charge in [-0.2, -0.15) is 0 Å². The Kier molecular flexibility index (Phi) is 4.08. The smallest absolute Gasteiger partial charge is 0.328 e. The summed E-state index contributed by atoms with van der Waals surface area (Å²) in [4.78, 5) is 36.3. The average Bonchev–Trinajstić information content (AvgIpc) is 2.94. The van der Waals surface area contributed by atoms with Crippen LogP contribution in [0, 0.1) is 23.2 Å². The van der Waals surface area contributed by atoms with E-state index >= 15 is 0 Å². The molecule has 2 saturated heterocycles. The SMILES string of the molecule is COC(=O)[C@H](C[C@@H]1CCNC1=O)NC(=O)[C@H]1NC[C@H]2[C@H]1C2(C)C. The van der Waals surface area contributed by atoms with Gasteiger partial charge in [-0.3, -0.25) is 9.59 Å². The van der Waals surface area contributed by atoms with Crippen molar-refractivity contribution < 1.29 is 19.1 Å². The minimum absolute atomic E-state index is 0.0597. The van der Waals surface area contributed by atoms with Gasteiger partial charge in [-0.15, -0.1) is 0 Å². The van der Waals surface area contributed by atoms with Gasteiger partial charge in [-0.1, -0.05) is 13.8 Å². The highest BCUT2D eigenvalue weighted by molar-refractivity contribution is 5.89. The van der Waals surface area contributed by atoms with Gasteiger partial charge in [0.15, 0.2) is 0 Å². The topological polar surface area (TPSA) is 96.5 Å². The van der Waals surface area contributed by atoms with E-state index in [9.17, 15) is 14.4 Å². The van der Waals surface area contributed by atoms with Crippen molar-refractivity contribution in [3.05, 3.63) is 0 Å². The molecule has 0 aromatic rings. The van der Waals surface area contributed by atoms with E-state index in [2.05, 4.69) is 29.8 Å². The van der Waals surface area contributed by atoms with Crippen LogP contribution in [0.15, 0.2) is 0 Å². The Morgan fingerprint density at radius 3 is 2.70 bits per heavy atom. The molecule has 0 spiro atoms. The van der Waals surface area contributed by atoms with Gasteiger partial charge in [0, 0.05) is 12.5 Å². The number of rotatable bonds is 5. The van der Waals surface area contributed by atoms with Gasteiger partial charge in [0.1, 0.15) is 6.04 Å². The third-order valence-corrected chi connectivity index (χ3v) is 5.82. The fraction of sp³-hybridized carbons (Fsp3) is 0.812. The van der Waals surface area contributed by atoms with Crippen molar-refractivity contribution in [3.63, 3.8) is 0 Å². The van der Waals surface area contributed by atoms with Crippen LogP contribution in [-0.2, 0) is 19.1 Å². The third-order valence-electron chi connectivity index (χ3n) is 5.82. The lowest BCUT2D eigenvalue weighted by Gasteiger charge is -2.23. The summed E-state index contributed by atoms with van der Waals surface area (Å²) < 4.78 is 4.79. The molecule has 3 fully saturated rings. The van der Waals surface area contributed by atoms with Gasteiger partial charge in [-0.25, -0.2) is 4.79 Å². The Morgan fingerprint density at radius 2 is 2.17 bits per heavy atom. The molecule has 23 heavy (non-hydrogen) atoms. The molecular weight excluding hydrogens is 298 g/mol. The number of hydrogen-bond acceptors (Lipinski definition) is 5. The number of carbonyl (C=O) groups excluding carboxylic acids is 3. The second kappa shape index (κ2) is 5.78. The van der Waals surface area contributed by atoms with Crippen LogP contribution >= 0.6 is 0 Å². The summed E-state index contributed by atoms with van der Waals surface area (Å²) in [5.41, 5.74) is 0.180. The monoisotopic (exact) mass is 323 g/mol. The van der Waals surface area contributed by atoms with E-state index in [1.807, 2.05) is 0 Å². The highest BCUT2D eigenvalue weighted by Gasteiger charge is 2.65. The Balaban J connectivity index is 1.63. The zero-order valence-corrected chi connectivity index (χ0v) is 13.8. The molecule has 1 saturated carbocycles. The summed E-state index contributed by atoms with van der Waals surface area (Å²) in [5.74, 6) is -0.137. The second-order valence-corrected chi connectivity index (χ2v) is 7.44. The van der Waals surface area contributed by atoms with Gasteiger partial charge in [0.2, 0.25) is 11.8 Å². The van der Waals surface area contributed by atoms with E-state index in [0.29, 0.717) is 24.8 Å². The molecule has 128 valence electrons. The number of fused-ring (bicyclic) bond motifs is 1. The molecule has 7 heteroatoms. The zero-order chi connectivity index (χ0) is 16.8. The quantitative estimate of drug-likeness (QED) is 0.588. The number of amides is 2. The maximum absolute atomic E-state index is 12.6. The molecule has 2 aliphatic heterocycles. The van der Waals surface area contributed by atoms with Crippen LogP contribution in [-0.4, -0.2) is 50.1 Å². The Bertz CT molecular complexity index is 533. The summed E-state index contributed by atoms with van der Waals surface area (Å²) >= 11 is 0. The maximum atomic E-state index is 12.6. The normalized spacial score (nSPS) is 35.2. The molecule has 0 unspecified atom stereocenters. The van der Waals surface area contributed by atoms with Crippen LogP contribution in [0.3, 0.4) is 0 Å². The van der Waals surface area contributed by atoms with E-state index < -0.39 is 12.0 Å². The molecule has 1 aliphatic carbocycles. The highest BCUT2D eigenvalue weighted by Crippen LogP contribution is 2.62. The molecule has 0 aromatic heterocycles. The lowest BCUT2D eigenvalue weighted by molar-refractivity contribution is -0.146. The van der Waals surface area contributed by atoms with Crippen molar-refractivity contribution in [2.24, 2.45) is 23.2 Å². The summed E-state index contributed by atoms with van der Waals surface area (Å²) in [5, 5.41) is 8.78. The van der Waals surface area contributed by atoms with Crippen molar-refractivity contribution in [2.75, 3.05) is 20.2 Å². The Hall–Kier alpha value is -1.63. The number of piperidine rings is 1. The first-order valence-corrected chi connectivity index (χ1v) is 8.25. The highest BCUT2D eigenvalue weighted by atomic mass is 16.5. The summed E-state index contributed by atoms with van der Waals surface area (Å²) in [6.07, 6.45) is 0.968. The number of hydrogen-bond donors (Lipinski definition) is 3. The van der Waals surface area contributed by atoms with Gasteiger partial charge in [-0.05, 0) is 36.6 Å². The fourth-order valence-electron chi connectivity index (χ4n) is 4.25. The predicted octanol–water partition coefficient (Wildman–Crippen LogP) is -0.586. The van der Waals surface area contributed by atoms with Gasteiger partial charge < -0.3 is 20.7 Å². The first kappa shape index (κ1) is 16.2. The van der Waals surface area contributed by atoms with Gasteiger partial charge in [0.25, 0.3) is 0 Å². The van der Waals surface area contributed by atoms with Crippen molar-refractivity contribution in [1.29, 1.82) is 0 Å². The summed E-state index contributed by atoms with van der Waals surface area (Å²) in [6.45, 7) is 5.80. The molecule has 5 atom stereocenters. The summed E-state index contributed by atoms with van der Waals surface area (Å²) in [7, 11) is 1.30. The van der Waals surface area contributed by atoms with Crippen molar-refractivity contribution in [2.45, 2.75) is 38.8 Å². The number of esters is 1. The molecule has 0 radical (unpaired) electrons. The minimum Gasteiger partial charge on any atom is -0.467 e. The zero-order valence-electron chi connectivity index (χ0n) is 13.8. The van der Waals surface area contributed by atoms with E-state index in [4.69, 9.17) is 4.74 Å². The molecule has 2 heterocycles. The molecular formula is C16H25N3O4. The van der Waals surface area contributed by atoms with Crippen molar-refractivity contribution in [3.8, 4) is 0 Å². The van der Waals surface area contributed by atoms with Crippen molar-refractivity contribution in [1.82, 2.24) is 16.0 Å². The van der Waals surface area contributed by atoms with Crippen LogP contribution in [0.5, 0.6) is 0 Å². The number of nitrogens with one attached hydrogen (secondary N) is 3. The van der Waals surface area contributed by atoms with E-state index in [-0.39, 0.29) is 35.6 Å². The van der Waals surface area contributed by atoms with Crippen LogP contribution in [0.1, 0.15) is 26.7 Å². The van der Waals surface area contributed by atoms with E-state index in [1.54, 1.807) is 0 Å². The second-order valence-electron chi connectivity index (χ2n) is 7.44. The minimum atomic E-state index is -0.774. The first-order valence-electron chi connectivity index (χ1n) is 8.25. The molecule has 3 aliphatic rings. The molecule has 3 N–H and O–H groups in total. The van der Waals surface area contributed by atoms with Crippen LogP contribution in [0.2, 0.25) is 0 Å². The third kappa shape index (κ3) is 2.82. The fourth-order valence-corrected chi connectivity index (χ4v) is 4.25. The molecule has 0 aromatic carbocycles. The number of ether oxygens (including phenoxy) is 1. The molecule has 3 rings (SSSR count). The van der Waals surface area contributed by atoms with Crippen molar-refractivity contribution >= 4 is 17.8 Å². The van der Waals surface area contributed by atoms with Gasteiger partial charge in [0.05, 0.1) is 13.2 Å². The number of methoxy groups -OCH3 is 1. The van der Waals surface area contributed by atoms with E-state index in [1.165, 1.54) is 7.11 Å². The predicted molar refractivity (Wildman–Crippen MR) is 82.2 cm³/mol. The Labute approximate surface area is 135 Å². The Morgan fingerprint density at radius 1 is 1.43 bits per heavy atom. The maximum Gasteiger partial charge on any atom is 0.328 e. The largest absolute Gasteiger partial charge is 0.467 e. The molecule has 2 amide bonds. The van der Waals surface area contributed by atoms with Crippen LogP contribution in [0.4, 0.5) is 0 Å². The molecule has 7 nitrogen and oxygen atoms in total. The average molecular weight is 323 g/mol. The van der Waals surface area contributed by atoms with Crippen LogP contribution < -0.4 is 16.0 Å². The lowest BCUT2D eigenvalue weighted by Crippen LogP contribution is -2.51. The number of carbonyl (C=O) groups is 3. The first-order chi connectivity index (χ1) is 10.9. The summed E-state index contributed by atoms with van der Waals surface area (Å²) in [6, 6.07) is -1.04. The van der Waals surface area contributed by atoms with Gasteiger partial charge >= 0.3 is 5.97 Å². The molecule has 0 bridgehead atoms. The lowest BCUT2D eigenvalue weighted by atomic mass is 9.97. The van der Waals surface area contributed by atoms with E-state index in [0.717, 1.165) is 6.54 Å². The standard InChI is InChI=1S/C16H25N3O4/c1-16(2)9-7-18-12(11(9)16)14(21)19-10(15(22)23-3)6-8-4-5-17-13(8)20/h8-12,18H,4-7H2,1-3H3,(H,17,20)(H,19,21)/t8-,9-,10-,11+,12-/m0/s1. The van der Waals surface area contributed by atoms with Crippen LogP contribution in [0.25, 0.3) is 0 Å².